The molecule has 1 aromatic carbocycles. The highest BCUT2D eigenvalue weighted by Crippen LogP contribution is 2.63. The van der Waals surface area contributed by atoms with E-state index in [4.69, 9.17) is 4.74 Å². The van der Waals surface area contributed by atoms with Crippen LogP contribution in [0, 0.1) is 17.7 Å². The van der Waals surface area contributed by atoms with Gasteiger partial charge in [0.15, 0.2) is 0 Å². The fourth-order valence-electron chi connectivity index (χ4n) is 3.76. The van der Waals surface area contributed by atoms with Crippen LogP contribution >= 0.6 is 0 Å². The Bertz CT molecular complexity index is 460. The summed E-state index contributed by atoms with van der Waals surface area (Å²) >= 11 is 0. The molecule has 0 heterocycles. The van der Waals surface area contributed by atoms with Gasteiger partial charge in [0.05, 0.1) is 12.5 Å². The van der Waals surface area contributed by atoms with E-state index in [9.17, 15) is 9.18 Å². The summed E-state index contributed by atoms with van der Waals surface area (Å²) in [6.07, 6.45) is 3.01. The van der Waals surface area contributed by atoms with E-state index in [2.05, 4.69) is 0 Å². The van der Waals surface area contributed by atoms with Crippen LogP contribution < -0.4 is 0 Å². The Kier molecular flexibility index (Phi) is 2.65. The molecule has 2 nitrogen and oxygen atoms in total. The van der Waals surface area contributed by atoms with Crippen molar-refractivity contribution in [2.24, 2.45) is 11.8 Å². The molecule has 0 spiro atoms. The molecule has 1 unspecified atom stereocenters. The lowest BCUT2D eigenvalue weighted by molar-refractivity contribution is -0.149. The molecule has 1 atom stereocenters. The van der Waals surface area contributed by atoms with Crippen LogP contribution in [0.5, 0.6) is 0 Å². The summed E-state index contributed by atoms with van der Waals surface area (Å²) in [5, 5.41) is 0. The number of carbonyl (C=O) groups excluding carboxylic acids is 1. The minimum absolute atomic E-state index is 0.0343. The number of hydrogen-bond acceptors (Lipinski definition) is 2. The Hall–Kier alpha value is -1.38. The second kappa shape index (κ2) is 4.08. The van der Waals surface area contributed by atoms with Crippen LogP contribution in [0.2, 0.25) is 0 Å². The van der Waals surface area contributed by atoms with E-state index < -0.39 is 0 Å². The van der Waals surface area contributed by atoms with Crippen molar-refractivity contribution >= 4 is 5.97 Å². The quantitative estimate of drug-likeness (QED) is 0.768. The smallest absolute Gasteiger partial charge is 0.309 e. The molecule has 0 radical (unpaired) electrons. The average Bonchev–Trinajstić information content (AvgIpc) is 2.85. The number of hydrogen-bond donors (Lipinski definition) is 0. The van der Waals surface area contributed by atoms with E-state index in [1.54, 1.807) is 0 Å². The number of fused-ring (bicyclic) bond motifs is 1. The van der Waals surface area contributed by atoms with Gasteiger partial charge in [-0.25, -0.2) is 4.39 Å². The molecule has 0 aliphatic heterocycles. The third-order valence-corrected chi connectivity index (χ3v) is 4.53. The van der Waals surface area contributed by atoms with Crippen molar-refractivity contribution in [3.63, 3.8) is 0 Å². The molecule has 4 rings (SSSR count). The van der Waals surface area contributed by atoms with Crippen molar-refractivity contribution in [3.8, 4) is 0 Å². The fourth-order valence-corrected chi connectivity index (χ4v) is 3.76. The van der Waals surface area contributed by atoms with E-state index in [0.717, 1.165) is 24.8 Å². The lowest BCUT2D eigenvalue weighted by Crippen LogP contribution is -2.40. The first-order valence-corrected chi connectivity index (χ1v) is 6.58. The maximum absolute atomic E-state index is 13.0. The molecule has 0 N–H and O–H groups in total. The van der Waals surface area contributed by atoms with Crippen molar-refractivity contribution in [1.82, 2.24) is 0 Å². The number of rotatable bonds is 3. The normalized spacial score (nSPS) is 33.0. The average molecular weight is 248 g/mol. The topological polar surface area (TPSA) is 26.3 Å². The zero-order chi connectivity index (χ0) is 12.8. The first-order valence-electron chi connectivity index (χ1n) is 6.58. The first-order chi connectivity index (χ1) is 8.65. The maximum atomic E-state index is 13.0. The van der Waals surface area contributed by atoms with E-state index in [1.165, 1.54) is 12.1 Å². The number of benzene rings is 1. The zero-order valence-corrected chi connectivity index (χ0v) is 10.5. The van der Waals surface area contributed by atoms with Gasteiger partial charge in [-0.1, -0.05) is 12.1 Å². The van der Waals surface area contributed by atoms with Gasteiger partial charge in [-0.3, -0.25) is 4.79 Å². The summed E-state index contributed by atoms with van der Waals surface area (Å²) in [5.74, 6) is 0.302. The molecular formula is C15H17FO2. The Morgan fingerprint density at radius 1 is 1.39 bits per heavy atom. The highest BCUT2D eigenvalue weighted by atomic mass is 19.1. The molecule has 3 heteroatoms. The largest absolute Gasteiger partial charge is 0.466 e. The van der Waals surface area contributed by atoms with E-state index in [1.807, 2.05) is 19.1 Å². The Morgan fingerprint density at radius 2 is 2.06 bits per heavy atom. The van der Waals surface area contributed by atoms with Crippen molar-refractivity contribution < 1.29 is 13.9 Å². The summed E-state index contributed by atoms with van der Waals surface area (Å²) < 4.78 is 18.2. The van der Waals surface area contributed by atoms with Crippen molar-refractivity contribution in [3.05, 3.63) is 35.6 Å². The molecule has 3 saturated carbocycles. The van der Waals surface area contributed by atoms with Gasteiger partial charge in [0.1, 0.15) is 5.82 Å². The molecule has 0 aromatic heterocycles. The van der Waals surface area contributed by atoms with Crippen molar-refractivity contribution in [2.45, 2.75) is 31.6 Å². The molecule has 0 amide bonds. The van der Waals surface area contributed by atoms with Gasteiger partial charge in [-0.05, 0) is 49.8 Å². The predicted molar refractivity (Wildman–Crippen MR) is 65.5 cm³/mol. The zero-order valence-electron chi connectivity index (χ0n) is 10.5. The Balaban J connectivity index is 1.89. The third kappa shape index (κ3) is 1.57. The second-order valence-corrected chi connectivity index (χ2v) is 5.48. The fraction of sp³-hybridized carbons (Fsp3) is 0.533. The summed E-state index contributed by atoms with van der Waals surface area (Å²) in [5.41, 5.74) is 1.01. The Labute approximate surface area is 106 Å². The van der Waals surface area contributed by atoms with Gasteiger partial charge >= 0.3 is 5.97 Å². The minimum atomic E-state index is -0.225. The molecule has 3 aliphatic rings. The maximum Gasteiger partial charge on any atom is 0.309 e. The lowest BCUT2D eigenvalue weighted by Gasteiger charge is -2.41. The standard InChI is InChI=1S/C15H17FO2/c1-2-18-14(17)13-7-10-8-15(13,9-10)11-3-5-12(16)6-4-11/h3-6,10,13H,2,7-9H2,1H3. The lowest BCUT2D eigenvalue weighted by atomic mass is 9.62. The van der Waals surface area contributed by atoms with Gasteiger partial charge < -0.3 is 4.74 Å². The second-order valence-electron chi connectivity index (χ2n) is 5.48. The van der Waals surface area contributed by atoms with Crippen LogP contribution in [-0.4, -0.2) is 12.6 Å². The molecule has 3 fully saturated rings. The number of esters is 1. The van der Waals surface area contributed by atoms with Gasteiger partial charge in [0.25, 0.3) is 0 Å². The van der Waals surface area contributed by atoms with Gasteiger partial charge in [0.2, 0.25) is 0 Å². The molecular weight excluding hydrogens is 231 g/mol. The molecule has 1 aromatic rings. The molecule has 18 heavy (non-hydrogen) atoms. The number of halogens is 1. The van der Waals surface area contributed by atoms with Crippen LogP contribution in [0.3, 0.4) is 0 Å². The third-order valence-electron chi connectivity index (χ3n) is 4.53. The van der Waals surface area contributed by atoms with Crippen LogP contribution in [0.25, 0.3) is 0 Å². The van der Waals surface area contributed by atoms with Crippen molar-refractivity contribution in [1.29, 1.82) is 0 Å². The van der Waals surface area contributed by atoms with E-state index in [-0.39, 0.29) is 23.1 Å². The van der Waals surface area contributed by atoms with Gasteiger partial charge in [-0.2, -0.15) is 0 Å². The SMILES string of the molecule is CCOC(=O)C1CC2CC1(c1ccc(F)cc1)C2. The predicted octanol–water partition coefficient (Wildman–Crippen LogP) is 3.06. The van der Waals surface area contributed by atoms with Gasteiger partial charge in [-0.15, -0.1) is 0 Å². The van der Waals surface area contributed by atoms with Crippen LogP contribution in [-0.2, 0) is 14.9 Å². The summed E-state index contributed by atoms with van der Waals surface area (Å²) in [4.78, 5) is 12.0. The molecule has 3 aliphatic carbocycles. The van der Waals surface area contributed by atoms with Crippen molar-refractivity contribution in [2.75, 3.05) is 6.61 Å². The molecule has 2 bridgehead atoms. The minimum Gasteiger partial charge on any atom is -0.466 e. The van der Waals surface area contributed by atoms with Crippen LogP contribution in [0.15, 0.2) is 24.3 Å². The number of carbonyl (C=O) groups is 1. The first kappa shape index (κ1) is 11.7. The highest BCUT2D eigenvalue weighted by Gasteiger charge is 2.60. The van der Waals surface area contributed by atoms with Crippen LogP contribution in [0.4, 0.5) is 4.39 Å². The molecule has 96 valence electrons. The summed E-state index contributed by atoms with van der Waals surface area (Å²) in [6, 6.07) is 6.61. The van der Waals surface area contributed by atoms with Crippen LogP contribution in [0.1, 0.15) is 31.7 Å². The Morgan fingerprint density at radius 3 is 2.67 bits per heavy atom. The number of ether oxygens (including phenoxy) is 1. The summed E-state index contributed by atoms with van der Waals surface area (Å²) in [6.45, 7) is 2.27. The van der Waals surface area contributed by atoms with E-state index >= 15 is 0 Å². The monoisotopic (exact) mass is 248 g/mol. The van der Waals surface area contributed by atoms with E-state index in [0.29, 0.717) is 12.5 Å². The summed E-state index contributed by atoms with van der Waals surface area (Å²) in [7, 11) is 0. The highest BCUT2D eigenvalue weighted by molar-refractivity contribution is 5.76. The molecule has 0 saturated heterocycles. The van der Waals surface area contributed by atoms with Gasteiger partial charge in [0, 0.05) is 5.41 Å².